The summed E-state index contributed by atoms with van der Waals surface area (Å²) in [6.07, 6.45) is 3.76. The SMILES string of the molecule is BrCC(CBr)n1cccn1. The Morgan fingerprint density at radius 1 is 1.40 bits per heavy atom. The van der Waals surface area contributed by atoms with E-state index in [2.05, 4.69) is 37.0 Å². The molecule has 0 spiro atoms. The highest BCUT2D eigenvalue weighted by atomic mass is 79.9. The zero-order valence-electron chi connectivity index (χ0n) is 5.37. The first-order valence-corrected chi connectivity index (χ1v) is 5.24. The van der Waals surface area contributed by atoms with Crippen LogP contribution in [0.2, 0.25) is 0 Å². The van der Waals surface area contributed by atoms with Crippen molar-refractivity contribution in [2.75, 3.05) is 10.7 Å². The number of halogens is 2. The molecule has 0 N–H and O–H groups in total. The first-order valence-electron chi connectivity index (χ1n) is 2.99. The van der Waals surface area contributed by atoms with E-state index in [1.54, 1.807) is 6.20 Å². The molecule has 0 aliphatic carbocycles. The fourth-order valence-corrected chi connectivity index (χ4v) is 2.34. The van der Waals surface area contributed by atoms with Gasteiger partial charge in [0.2, 0.25) is 0 Å². The minimum absolute atomic E-state index is 0.426. The molecule has 1 rings (SSSR count). The monoisotopic (exact) mass is 266 g/mol. The number of rotatable bonds is 3. The zero-order valence-corrected chi connectivity index (χ0v) is 8.55. The lowest BCUT2D eigenvalue weighted by molar-refractivity contribution is 0.553. The summed E-state index contributed by atoms with van der Waals surface area (Å²) in [7, 11) is 0. The maximum absolute atomic E-state index is 4.11. The molecule has 0 atom stereocenters. The predicted molar refractivity (Wildman–Crippen MR) is 48.9 cm³/mol. The number of hydrogen-bond donors (Lipinski definition) is 0. The summed E-state index contributed by atoms with van der Waals surface area (Å²) in [5, 5.41) is 5.98. The molecule has 0 fully saturated rings. The second-order valence-electron chi connectivity index (χ2n) is 1.95. The zero-order chi connectivity index (χ0) is 7.40. The van der Waals surface area contributed by atoms with E-state index in [4.69, 9.17) is 0 Å². The molecule has 0 bridgehead atoms. The minimum Gasteiger partial charge on any atom is -0.268 e. The van der Waals surface area contributed by atoms with E-state index < -0.39 is 0 Å². The molecule has 1 aromatic heterocycles. The van der Waals surface area contributed by atoms with Crippen molar-refractivity contribution in [1.29, 1.82) is 0 Å². The Kier molecular flexibility index (Phi) is 3.42. The molecule has 0 saturated carbocycles. The molecule has 4 heteroatoms. The molecule has 10 heavy (non-hydrogen) atoms. The van der Waals surface area contributed by atoms with E-state index in [1.165, 1.54) is 0 Å². The van der Waals surface area contributed by atoms with Crippen LogP contribution in [0, 0.1) is 0 Å². The van der Waals surface area contributed by atoms with Crippen molar-refractivity contribution in [2.45, 2.75) is 6.04 Å². The third-order valence-corrected chi connectivity index (χ3v) is 2.75. The van der Waals surface area contributed by atoms with Crippen molar-refractivity contribution in [3.63, 3.8) is 0 Å². The van der Waals surface area contributed by atoms with E-state index in [9.17, 15) is 0 Å². The van der Waals surface area contributed by atoms with Gasteiger partial charge in [0.15, 0.2) is 0 Å². The van der Waals surface area contributed by atoms with Crippen LogP contribution < -0.4 is 0 Å². The lowest BCUT2D eigenvalue weighted by Gasteiger charge is -2.09. The molecule has 0 saturated heterocycles. The van der Waals surface area contributed by atoms with Gasteiger partial charge in [-0.15, -0.1) is 0 Å². The fraction of sp³-hybridized carbons (Fsp3) is 0.500. The van der Waals surface area contributed by atoms with Gasteiger partial charge in [-0.1, -0.05) is 31.9 Å². The lowest BCUT2D eigenvalue weighted by Crippen LogP contribution is -2.11. The van der Waals surface area contributed by atoms with Gasteiger partial charge in [-0.25, -0.2) is 0 Å². The van der Waals surface area contributed by atoms with Crippen molar-refractivity contribution in [3.8, 4) is 0 Å². The highest BCUT2D eigenvalue weighted by molar-refractivity contribution is 9.09. The molecule has 0 radical (unpaired) electrons. The average molecular weight is 268 g/mol. The average Bonchev–Trinajstić information content (AvgIpc) is 2.43. The maximum atomic E-state index is 4.11. The molecule has 0 amide bonds. The molecule has 0 aromatic carbocycles. The quantitative estimate of drug-likeness (QED) is 0.768. The van der Waals surface area contributed by atoms with Crippen molar-refractivity contribution >= 4 is 31.9 Å². The Hall–Kier alpha value is 0.170. The van der Waals surface area contributed by atoms with Crippen LogP contribution in [0.3, 0.4) is 0 Å². The summed E-state index contributed by atoms with van der Waals surface area (Å²) in [6, 6.07) is 2.35. The summed E-state index contributed by atoms with van der Waals surface area (Å²) in [5.74, 6) is 0. The largest absolute Gasteiger partial charge is 0.268 e. The molecular formula is C6H8Br2N2. The van der Waals surface area contributed by atoms with Crippen LogP contribution in [0.1, 0.15) is 6.04 Å². The smallest absolute Gasteiger partial charge is 0.0712 e. The van der Waals surface area contributed by atoms with E-state index >= 15 is 0 Å². The van der Waals surface area contributed by atoms with Crippen molar-refractivity contribution < 1.29 is 0 Å². The van der Waals surface area contributed by atoms with Crippen LogP contribution in [0.25, 0.3) is 0 Å². The third-order valence-electron chi connectivity index (χ3n) is 1.26. The molecule has 1 heterocycles. The molecule has 0 aliphatic rings. The van der Waals surface area contributed by atoms with Crippen LogP contribution in [0.5, 0.6) is 0 Å². The van der Waals surface area contributed by atoms with Crippen molar-refractivity contribution in [1.82, 2.24) is 9.78 Å². The Labute approximate surface area is 76.9 Å². The first-order chi connectivity index (χ1) is 4.88. The van der Waals surface area contributed by atoms with Crippen LogP contribution >= 0.6 is 31.9 Å². The molecule has 0 aliphatic heterocycles. The minimum atomic E-state index is 0.426. The molecule has 1 aromatic rings. The van der Waals surface area contributed by atoms with Crippen LogP contribution in [-0.4, -0.2) is 20.4 Å². The number of aromatic nitrogens is 2. The second kappa shape index (κ2) is 4.13. The van der Waals surface area contributed by atoms with Gasteiger partial charge in [0.1, 0.15) is 0 Å². The molecule has 0 unspecified atom stereocenters. The van der Waals surface area contributed by atoms with E-state index in [0.717, 1.165) is 10.7 Å². The summed E-state index contributed by atoms with van der Waals surface area (Å²) < 4.78 is 1.93. The normalized spacial score (nSPS) is 10.7. The van der Waals surface area contributed by atoms with Gasteiger partial charge < -0.3 is 0 Å². The maximum Gasteiger partial charge on any atom is 0.0712 e. The third kappa shape index (κ3) is 1.83. The topological polar surface area (TPSA) is 17.8 Å². The Morgan fingerprint density at radius 3 is 2.50 bits per heavy atom. The van der Waals surface area contributed by atoms with Gasteiger partial charge in [-0.2, -0.15) is 5.10 Å². The Bertz CT molecular complexity index is 170. The van der Waals surface area contributed by atoms with E-state index in [0.29, 0.717) is 6.04 Å². The summed E-state index contributed by atoms with van der Waals surface area (Å²) in [6.45, 7) is 0. The van der Waals surface area contributed by atoms with Crippen molar-refractivity contribution in [3.05, 3.63) is 18.5 Å². The van der Waals surface area contributed by atoms with Gasteiger partial charge >= 0.3 is 0 Å². The summed E-state index contributed by atoms with van der Waals surface area (Å²) in [5.41, 5.74) is 0. The van der Waals surface area contributed by atoms with E-state index in [1.807, 2.05) is 16.9 Å². The lowest BCUT2D eigenvalue weighted by atomic mass is 10.4. The van der Waals surface area contributed by atoms with Crippen LogP contribution in [0.15, 0.2) is 18.5 Å². The van der Waals surface area contributed by atoms with Crippen LogP contribution in [0.4, 0.5) is 0 Å². The summed E-state index contributed by atoms with van der Waals surface area (Å²) >= 11 is 6.81. The van der Waals surface area contributed by atoms with Gasteiger partial charge in [-0.3, -0.25) is 4.68 Å². The fourth-order valence-electron chi connectivity index (χ4n) is 0.679. The molecule has 56 valence electrons. The standard InChI is InChI=1S/C6H8Br2N2/c7-4-6(5-8)10-3-1-2-9-10/h1-3,6H,4-5H2. The van der Waals surface area contributed by atoms with Crippen LogP contribution in [-0.2, 0) is 0 Å². The molecular weight excluding hydrogens is 260 g/mol. The highest BCUT2D eigenvalue weighted by Crippen LogP contribution is 2.10. The Morgan fingerprint density at radius 2 is 2.10 bits per heavy atom. The number of nitrogens with zero attached hydrogens (tertiary/aromatic N) is 2. The highest BCUT2D eigenvalue weighted by Gasteiger charge is 2.05. The van der Waals surface area contributed by atoms with E-state index in [-0.39, 0.29) is 0 Å². The first kappa shape index (κ1) is 8.27. The number of alkyl halides is 2. The number of hydrogen-bond acceptors (Lipinski definition) is 1. The second-order valence-corrected chi connectivity index (χ2v) is 3.24. The molecule has 2 nitrogen and oxygen atoms in total. The van der Waals surface area contributed by atoms with Gasteiger partial charge in [-0.05, 0) is 6.07 Å². The predicted octanol–water partition coefficient (Wildman–Crippen LogP) is 2.21. The Balaban J connectivity index is 2.64. The van der Waals surface area contributed by atoms with Crippen molar-refractivity contribution in [2.24, 2.45) is 0 Å². The summed E-state index contributed by atoms with van der Waals surface area (Å²) in [4.78, 5) is 0. The van der Waals surface area contributed by atoms with Gasteiger partial charge in [0, 0.05) is 23.1 Å². The van der Waals surface area contributed by atoms with Gasteiger partial charge in [0.05, 0.1) is 6.04 Å². The van der Waals surface area contributed by atoms with Gasteiger partial charge in [0.25, 0.3) is 0 Å².